The SMILES string of the molecule is CC(C)NC(=O)CC[C@@H](C)C1CCC2C3CCC4C[C@@H](NCCCNCCCCNCCCN)CC[C@]4(C)C3CC[C@@]21C. The summed E-state index contributed by atoms with van der Waals surface area (Å²) in [4.78, 5) is 12.4. The van der Waals surface area contributed by atoms with Crippen molar-refractivity contribution in [3.8, 4) is 0 Å². The van der Waals surface area contributed by atoms with Crippen LogP contribution in [0.25, 0.3) is 0 Å². The van der Waals surface area contributed by atoms with Crippen LogP contribution in [0.15, 0.2) is 0 Å². The molecular weight excluding hydrogens is 530 g/mol. The first-order chi connectivity index (χ1) is 20.7. The molecule has 5 unspecified atom stereocenters. The summed E-state index contributed by atoms with van der Waals surface area (Å²) in [6.07, 6.45) is 19.4. The van der Waals surface area contributed by atoms with Gasteiger partial charge < -0.3 is 27.0 Å². The van der Waals surface area contributed by atoms with E-state index in [1.165, 1.54) is 77.0 Å². The molecule has 0 spiro atoms. The third-order valence-corrected chi connectivity index (χ3v) is 13.2. The van der Waals surface area contributed by atoms with Gasteiger partial charge in [0, 0.05) is 18.5 Å². The lowest BCUT2D eigenvalue weighted by atomic mass is 9.44. The molecule has 1 amide bonds. The number of carbonyl (C=O) groups is 1. The third-order valence-electron chi connectivity index (χ3n) is 13.2. The number of rotatable bonds is 18. The Balaban J connectivity index is 1.16. The molecule has 0 aromatic rings. The van der Waals surface area contributed by atoms with Crippen molar-refractivity contribution >= 4 is 5.91 Å². The first kappa shape index (κ1) is 35.2. The lowest BCUT2D eigenvalue weighted by Gasteiger charge is -2.61. The summed E-state index contributed by atoms with van der Waals surface area (Å²) in [6.45, 7) is 18.4. The van der Waals surface area contributed by atoms with Crippen LogP contribution in [0.3, 0.4) is 0 Å². The Bertz CT molecular complexity index is 836. The molecule has 250 valence electrons. The maximum Gasteiger partial charge on any atom is 0.220 e. The van der Waals surface area contributed by atoms with Crippen LogP contribution in [0.2, 0.25) is 0 Å². The molecule has 4 fully saturated rings. The van der Waals surface area contributed by atoms with Crippen molar-refractivity contribution in [1.29, 1.82) is 0 Å². The van der Waals surface area contributed by atoms with E-state index in [2.05, 4.69) is 55.9 Å². The van der Waals surface area contributed by atoms with Crippen LogP contribution in [-0.2, 0) is 4.79 Å². The molecule has 0 aromatic heterocycles. The van der Waals surface area contributed by atoms with Crippen LogP contribution >= 0.6 is 0 Å². The molecule has 6 heteroatoms. The van der Waals surface area contributed by atoms with E-state index in [1.54, 1.807) is 0 Å². The van der Waals surface area contributed by atoms with E-state index >= 15 is 0 Å². The monoisotopic (exact) mass is 602 g/mol. The van der Waals surface area contributed by atoms with E-state index in [0.29, 0.717) is 23.2 Å². The van der Waals surface area contributed by atoms with Crippen molar-refractivity contribution in [3.05, 3.63) is 0 Å². The standard InChI is InChI=1S/C37H71N5O/c1-27(2)42-35(43)15-10-28(3)32-13-14-33-31-12-11-29-26-30(16-18-36(29,4)34(31)17-19-37(32,33)5)41-25-9-24-40-22-7-6-21-39-23-8-20-38/h27-34,39-41H,6-26,38H2,1-5H3,(H,42,43)/t28-,29?,30+,31?,32?,33?,34?,36+,37-/m1/s1. The number of hydrogen-bond donors (Lipinski definition) is 5. The molecule has 0 aromatic carbocycles. The molecule has 9 atom stereocenters. The number of amides is 1. The largest absolute Gasteiger partial charge is 0.354 e. The first-order valence-electron chi connectivity index (χ1n) is 18.8. The fourth-order valence-electron chi connectivity index (χ4n) is 10.9. The maximum absolute atomic E-state index is 12.4. The quantitative estimate of drug-likeness (QED) is 0.120. The molecule has 4 aliphatic carbocycles. The van der Waals surface area contributed by atoms with Gasteiger partial charge in [0.2, 0.25) is 5.91 Å². The Hall–Kier alpha value is -0.690. The first-order valence-corrected chi connectivity index (χ1v) is 18.8. The van der Waals surface area contributed by atoms with E-state index in [1.807, 2.05) is 0 Å². The minimum atomic E-state index is 0.243. The molecule has 4 aliphatic rings. The molecule has 0 bridgehead atoms. The molecule has 6 N–H and O–H groups in total. The van der Waals surface area contributed by atoms with Crippen molar-refractivity contribution in [1.82, 2.24) is 21.3 Å². The lowest BCUT2D eigenvalue weighted by molar-refractivity contribution is -0.123. The Kier molecular flexibility index (Phi) is 13.7. The maximum atomic E-state index is 12.4. The molecule has 0 heterocycles. The summed E-state index contributed by atoms with van der Waals surface area (Å²) in [5, 5.41) is 14.2. The van der Waals surface area contributed by atoms with Gasteiger partial charge in [-0.3, -0.25) is 4.79 Å². The topological polar surface area (TPSA) is 91.2 Å². The lowest BCUT2D eigenvalue weighted by Crippen LogP contribution is -2.55. The van der Waals surface area contributed by atoms with Gasteiger partial charge in [0.1, 0.15) is 0 Å². The number of nitrogens with two attached hydrogens (primary N) is 1. The van der Waals surface area contributed by atoms with Crippen molar-refractivity contribution in [2.45, 2.75) is 143 Å². The Morgan fingerprint density at radius 1 is 0.791 bits per heavy atom. The van der Waals surface area contributed by atoms with Crippen molar-refractivity contribution in [2.24, 2.45) is 52.1 Å². The fraction of sp³-hybridized carbons (Fsp3) is 0.973. The van der Waals surface area contributed by atoms with Gasteiger partial charge in [0.05, 0.1) is 0 Å². The second-order valence-electron chi connectivity index (χ2n) is 16.3. The van der Waals surface area contributed by atoms with Crippen molar-refractivity contribution in [2.75, 3.05) is 39.3 Å². The Labute approximate surface area is 266 Å². The minimum Gasteiger partial charge on any atom is -0.354 e. The predicted molar refractivity (Wildman–Crippen MR) is 182 cm³/mol. The smallest absolute Gasteiger partial charge is 0.220 e. The van der Waals surface area contributed by atoms with E-state index in [-0.39, 0.29) is 11.9 Å². The molecule has 0 saturated heterocycles. The van der Waals surface area contributed by atoms with E-state index in [0.717, 1.165) is 87.7 Å². The van der Waals surface area contributed by atoms with Gasteiger partial charge in [-0.05, 0) is 189 Å². The number of carbonyl (C=O) groups excluding carboxylic acids is 1. The zero-order valence-electron chi connectivity index (χ0n) is 29.0. The zero-order chi connectivity index (χ0) is 30.9. The van der Waals surface area contributed by atoms with Gasteiger partial charge in [-0.2, -0.15) is 0 Å². The summed E-state index contributed by atoms with van der Waals surface area (Å²) < 4.78 is 0. The third kappa shape index (κ3) is 8.98. The second kappa shape index (κ2) is 16.7. The summed E-state index contributed by atoms with van der Waals surface area (Å²) >= 11 is 0. The second-order valence-corrected chi connectivity index (χ2v) is 16.3. The van der Waals surface area contributed by atoms with Crippen LogP contribution in [0.4, 0.5) is 0 Å². The molecule has 6 nitrogen and oxygen atoms in total. The van der Waals surface area contributed by atoms with Crippen LogP contribution in [0, 0.1) is 46.3 Å². The number of unbranched alkanes of at least 4 members (excludes halogenated alkanes) is 1. The number of nitrogens with one attached hydrogen (secondary N) is 4. The molecule has 4 saturated carbocycles. The fourth-order valence-corrected chi connectivity index (χ4v) is 10.9. The minimum absolute atomic E-state index is 0.243. The van der Waals surface area contributed by atoms with Gasteiger partial charge in [-0.1, -0.05) is 20.8 Å². The molecule has 0 aliphatic heterocycles. The number of fused-ring (bicyclic) bond motifs is 5. The average Bonchev–Trinajstić information content (AvgIpc) is 3.33. The van der Waals surface area contributed by atoms with Gasteiger partial charge in [-0.25, -0.2) is 0 Å². The van der Waals surface area contributed by atoms with Crippen molar-refractivity contribution < 1.29 is 4.79 Å². The average molecular weight is 602 g/mol. The Morgan fingerprint density at radius 3 is 2.19 bits per heavy atom. The van der Waals surface area contributed by atoms with Crippen LogP contribution in [0.1, 0.15) is 131 Å². The Morgan fingerprint density at radius 2 is 1.47 bits per heavy atom. The van der Waals surface area contributed by atoms with E-state index in [9.17, 15) is 4.79 Å². The number of hydrogen-bond acceptors (Lipinski definition) is 5. The van der Waals surface area contributed by atoms with Gasteiger partial charge in [-0.15, -0.1) is 0 Å². The van der Waals surface area contributed by atoms with E-state index in [4.69, 9.17) is 5.73 Å². The molecule has 0 radical (unpaired) electrons. The highest BCUT2D eigenvalue weighted by Crippen LogP contribution is 2.68. The molecular formula is C37H71N5O. The van der Waals surface area contributed by atoms with Crippen molar-refractivity contribution in [3.63, 3.8) is 0 Å². The predicted octanol–water partition coefficient (Wildman–Crippen LogP) is 6.24. The summed E-state index contributed by atoms with van der Waals surface area (Å²) in [6, 6.07) is 0.976. The van der Waals surface area contributed by atoms with Crippen LogP contribution in [-0.4, -0.2) is 57.3 Å². The van der Waals surface area contributed by atoms with Gasteiger partial charge in [0.15, 0.2) is 0 Å². The summed E-state index contributed by atoms with van der Waals surface area (Å²) in [5.41, 5.74) is 6.59. The molecule has 4 rings (SSSR count). The normalized spacial score (nSPS) is 36.2. The summed E-state index contributed by atoms with van der Waals surface area (Å²) in [5.74, 6) is 5.41. The summed E-state index contributed by atoms with van der Waals surface area (Å²) in [7, 11) is 0. The highest BCUT2D eigenvalue weighted by atomic mass is 16.1. The zero-order valence-corrected chi connectivity index (χ0v) is 29.0. The molecule has 43 heavy (non-hydrogen) atoms. The van der Waals surface area contributed by atoms with Gasteiger partial charge in [0.25, 0.3) is 0 Å². The van der Waals surface area contributed by atoms with E-state index < -0.39 is 0 Å². The highest BCUT2D eigenvalue weighted by molar-refractivity contribution is 5.76. The highest BCUT2D eigenvalue weighted by Gasteiger charge is 2.60. The van der Waals surface area contributed by atoms with Gasteiger partial charge >= 0.3 is 0 Å². The van der Waals surface area contributed by atoms with Crippen LogP contribution in [0.5, 0.6) is 0 Å². The van der Waals surface area contributed by atoms with Crippen LogP contribution < -0.4 is 27.0 Å².